The van der Waals surface area contributed by atoms with Crippen LogP contribution in [0.25, 0.3) is 16.8 Å². The van der Waals surface area contributed by atoms with Crippen molar-refractivity contribution in [2.75, 3.05) is 58.3 Å². The molecule has 1 saturated heterocycles. The molecule has 1 N–H and O–H groups in total. The second-order valence-corrected chi connectivity index (χ2v) is 11.2. The number of likely N-dealkylation sites (N-methyl/N-ethyl adjacent to an activating group) is 1. The second-order valence-electron chi connectivity index (χ2n) is 11.2. The van der Waals surface area contributed by atoms with Gasteiger partial charge in [-0.3, -0.25) is 9.59 Å². The van der Waals surface area contributed by atoms with E-state index in [2.05, 4.69) is 27.2 Å². The van der Waals surface area contributed by atoms with Crippen molar-refractivity contribution in [2.45, 2.75) is 26.3 Å². The number of anilines is 1. The first kappa shape index (κ1) is 31.6. The van der Waals surface area contributed by atoms with Crippen LogP contribution in [0.4, 0.5) is 10.1 Å². The molecule has 1 aliphatic rings. The number of halogens is 1. The highest BCUT2D eigenvalue weighted by molar-refractivity contribution is 6.02. The van der Waals surface area contributed by atoms with Crippen LogP contribution in [0.2, 0.25) is 0 Å². The van der Waals surface area contributed by atoms with Gasteiger partial charge in [-0.15, -0.1) is 0 Å². The van der Waals surface area contributed by atoms with Gasteiger partial charge in [-0.05, 0) is 75.5 Å². The van der Waals surface area contributed by atoms with Gasteiger partial charge in [0, 0.05) is 74.7 Å². The summed E-state index contributed by atoms with van der Waals surface area (Å²) >= 11 is 0. The quantitative estimate of drug-likeness (QED) is 0.266. The molecule has 2 aromatic carbocycles. The lowest BCUT2D eigenvalue weighted by Gasteiger charge is -2.43. The summed E-state index contributed by atoms with van der Waals surface area (Å²) in [4.78, 5) is 38.0. The lowest BCUT2D eigenvalue weighted by molar-refractivity contribution is 0.0719. The second kappa shape index (κ2) is 14.3. The fourth-order valence-corrected chi connectivity index (χ4v) is 5.65. The zero-order valence-electron chi connectivity index (χ0n) is 26.2. The monoisotopic (exact) mass is 613 g/mol. The Morgan fingerprint density at radius 3 is 2.60 bits per heavy atom. The van der Waals surface area contributed by atoms with Gasteiger partial charge < -0.3 is 24.8 Å². The maximum absolute atomic E-state index is 14.2. The summed E-state index contributed by atoms with van der Waals surface area (Å²) in [5.74, 6) is -0.275. The van der Waals surface area contributed by atoms with Gasteiger partial charge in [0.2, 0.25) is 5.88 Å². The summed E-state index contributed by atoms with van der Waals surface area (Å²) in [6, 6.07) is 15.5. The van der Waals surface area contributed by atoms with Crippen molar-refractivity contribution in [3.8, 4) is 22.7 Å². The number of carbonyl (C=O) groups excluding carboxylic acids is 2. The first-order valence-corrected chi connectivity index (χ1v) is 15.3. The van der Waals surface area contributed by atoms with E-state index >= 15 is 0 Å². The average molecular weight is 614 g/mol. The van der Waals surface area contributed by atoms with E-state index in [1.54, 1.807) is 29.6 Å². The van der Waals surface area contributed by atoms with Crippen molar-refractivity contribution in [3.05, 3.63) is 90.1 Å². The Bertz CT molecular complexity index is 1630. The topological polar surface area (TPSA) is 95.8 Å². The van der Waals surface area contributed by atoms with Crippen LogP contribution in [-0.4, -0.2) is 95.8 Å². The molecule has 4 aromatic rings. The summed E-state index contributed by atoms with van der Waals surface area (Å²) in [6.45, 7) is 7.09. The molecular weight excluding hydrogens is 573 g/mol. The van der Waals surface area contributed by atoms with Crippen molar-refractivity contribution in [2.24, 2.45) is 0 Å². The lowest BCUT2D eigenvalue weighted by atomic mass is 9.99. The van der Waals surface area contributed by atoms with Crippen molar-refractivity contribution in [1.29, 1.82) is 0 Å². The maximum Gasteiger partial charge on any atom is 0.256 e. The number of amides is 2. The number of aromatic nitrogens is 3. The van der Waals surface area contributed by atoms with E-state index in [-0.39, 0.29) is 17.9 Å². The number of nitrogens with one attached hydrogen (secondary N) is 1. The molecule has 0 spiro atoms. The molecule has 5 rings (SSSR count). The number of hydrogen-bond donors (Lipinski definition) is 1. The number of piperazine rings is 1. The highest BCUT2D eigenvalue weighted by Crippen LogP contribution is 2.34. The van der Waals surface area contributed by atoms with E-state index in [9.17, 15) is 14.0 Å². The number of hydrogen-bond acceptors (Lipinski definition) is 7. The molecule has 1 aliphatic heterocycles. The van der Waals surface area contributed by atoms with Gasteiger partial charge in [-0.1, -0.05) is 13.0 Å². The molecule has 45 heavy (non-hydrogen) atoms. The van der Waals surface area contributed by atoms with Gasteiger partial charge in [0.1, 0.15) is 5.82 Å². The Balaban J connectivity index is 1.45. The van der Waals surface area contributed by atoms with E-state index in [0.717, 1.165) is 23.2 Å². The number of nitrogens with zero attached hydrogens (tertiary/aromatic N) is 6. The molecule has 0 bridgehead atoms. The summed E-state index contributed by atoms with van der Waals surface area (Å²) < 4.78 is 21.5. The van der Waals surface area contributed by atoms with Crippen LogP contribution < -0.4 is 15.0 Å². The summed E-state index contributed by atoms with van der Waals surface area (Å²) in [7, 11) is 3.93. The number of ether oxygens (including phenoxy) is 1. The van der Waals surface area contributed by atoms with E-state index in [1.165, 1.54) is 22.9 Å². The molecule has 3 heterocycles. The Morgan fingerprint density at radius 1 is 1.02 bits per heavy atom. The van der Waals surface area contributed by atoms with Crippen LogP contribution in [-0.2, 0) is 0 Å². The fraction of sp³-hybridized carbons (Fsp3) is 0.353. The first-order chi connectivity index (χ1) is 21.8. The molecule has 0 saturated carbocycles. The molecule has 0 unspecified atom stereocenters. The molecule has 0 radical (unpaired) electrons. The molecule has 11 heteroatoms. The van der Waals surface area contributed by atoms with Crippen LogP contribution >= 0.6 is 0 Å². The smallest absolute Gasteiger partial charge is 0.256 e. The molecule has 1 atom stereocenters. The van der Waals surface area contributed by atoms with E-state index < -0.39 is 5.82 Å². The van der Waals surface area contributed by atoms with E-state index in [4.69, 9.17) is 4.74 Å². The van der Waals surface area contributed by atoms with Crippen LogP contribution in [0, 0.1) is 5.82 Å². The third-order valence-corrected chi connectivity index (χ3v) is 7.94. The summed E-state index contributed by atoms with van der Waals surface area (Å²) in [5.41, 5.74) is 3.78. The molecule has 0 aliphatic carbocycles. The minimum absolute atomic E-state index is 0.0483. The number of pyridine rings is 1. The normalized spacial score (nSPS) is 14.9. The van der Waals surface area contributed by atoms with Gasteiger partial charge in [0.15, 0.2) is 0 Å². The molecular formula is C34H40FN7O3. The van der Waals surface area contributed by atoms with Gasteiger partial charge in [0.05, 0.1) is 23.4 Å². The van der Waals surface area contributed by atoms with Crippen molar-refractivity contribution >= 4 is 17.5 Å². The van der Waals surface area contributed by atoms with Crippen LogP contribution in [0.1, 0.15) is 41.0 Å². The first-order valence-electron chi connectivity index (χ1n) is 15.3. The summed E-state index contributed by atoms with van der Waals surface area (Å²) in [6.07, 6.45) is 5.72. The van der Waals surface area contributed by atoms with E-state index in [1.807, 2.05) is 56.3 Å². The fourth-order valence-electron chi connectivity index (χ4n) is 5.65. The average Bonchev–Trinajstić information content (AvgIpc) is 3.59. The molecule has 236 valence electrons. The van der Waals surface area contributed by atoms with Crippen LogP contribution in [0.15, 0.2) is 73.2 Å². The van der Waals surface area contributed by atoms with Crippen molar-refractivity contribution < 1.29 is 18.7 Å². The van der Waals surface area contributed by atoms with Gasteiger partial charge in [-0.25, -0.2) is 14.1 Å². The molecule has 2 aromatic heterocycles. The molecule has 10 nitrogen and oxygen atoms in total. The predicted molar refractivity (Wildman–Crippen MR) is 173 cm³/mol. The van der Waals surface area contributed by atoms with Crippen LogP contribution in [0.5, 0.6) is 5.88 Å². The minimum Gasteiger partial charge on any atom is -0.478 e. The highest BCUT2D eigenvalue weighted by Gasteiger charge is 2.32. The van der Waals surface area contributed by atoms with Gasteiger partial charge in [0.25, 0.3) is 11.8 Å². The Morgan fingerprint density at radius 2 is 1.87 bits per heavy atom. The number of benzene rings is 2. The number of carbonyl (C=O) groups is 2. The minimum atomic E-state index is -0.437. The Kier molecular flexibility index (Phi) is 10.1. The lowest BCUT2D eigenvalue weighted by Crippen LogP contribution is -2.55. The standard InChI is InChI=1S/C34H40FN7O3/c1-5-26-23-40(34(44)28-12-11-25(35)22-31(28)42-17-8-15-38-42)19-20-41(26)30-13-10-24(27-9-7-14-37-33(27)45-6-2)21-29(30)32(43)36-16-18-39(3)4/h7-15,17,21-22,26H,5-6,16,18-20,23H2,1-4H3,(H,36,43)/t26-/m1/s1. The summed E-state index contributed by atoms with van der Waals surface area (Å²) in [5, 5.41) is 7.30. The van der Waals surface area contributed by atoms with Gasteiger partial charge >= 0.3 is 0 Å². The Labute approximate surface area is 263 Å². The van der Waals surface area contributed by atoms with E-state index in [0.29, 0.717) is 62.0 Å². The SMILES string of the molecule is CCOc1ncccc1-c1ccc(N2CCN(C(=O)c3ccc(F)cc3-n3cccn3)C[C@H]2CC)c(C(=O)NCCN(C)C)c1. The third kappa shape index (κ3) is 7.15. The Hall–Kier alpha value is -4.77. The highest BCUT2D eigenvalue weighted by atomic mass is 19.1. The molecule has 1 fully saturated rings. The van der Waals surface area contributed by atoms with Gasteiger partial charge in [-0.2, -0.15) is 5.10 Å². The molecule has 2 amide bonds. The third-order valence-electron chi connectivity index (χ3n) is 7.94. The number of rotatable bonds is 11. The van der Waals surface area contributed by atoms with Crippen molar-refractivity contribution in [3.63, 3.8) is 0 Å². The van der Waals surface area contributed by atoms with Crippen LogP contribution in [0.3, 0.4) is 0 Å². The predicted octanol–water partition coefficient (Wildman–Crippen LogP) is 4.50. The maximum atomic E-state index is 14.2. The zero-order valence-corrected chi connectivity index (χ0v) is 26.2. The zero-order chi connectivity index (χ0) is 31.9. The largest absolute Gasteiger partial charge is 0.478 e. The van der Waals surface area contributed by atoms with Crippen molar-refractivity contribution in [1.82, 2.24) is 29.9 Å².